The van der Waals surface area contributed by atoms with E-state index in [1.807, 2.05) is 35.2 Å². The maximum absolute atomic E-state index is 12.6. The Balaban J connectivity index is 1.29. The van der Waals surface area contributed by atoms with Crippen molar-refractivity contribution in [1.82, 2.24) is 19.7 Å². The lowest BCUT2D eigenvalue weighted by Crippen LogP contribution is -2.51. The fourth-order valence-electron chi connectivity index (χ4n) is 3.72. The maximum Gasteiger partial charge on any atom is 0.236 e. The van der Waals surface area contributed by atoms with E-state index in [2.05, 4.69) is 20.9 Å². The smallest absolute Gasteiger partial charge is 0.236 e. The van der Waals surface area contributed by atoms with Crippen molar-refractivity contribution < 1.29 is 14.3 Å². The molecule has 2 aliphatic rings. The van der Waals surface area contributed by atoms with Crippen LogP contribution in [0.2, 0.25) is 0 Å². The van der Waals surface area contributed by atoms with Crippen molar-refractivity contribution in [3.63, 3.8) is 0 Å². The third kappa shape index (κ3) is 5.53. The molecule has 0 aliphatic carbocycles. The minimum absolute atomic E-state index is 0.229. The number of ether oxygens (including phenoxy) is 2. The predicted molar refractivity (Wildman–Crippen MR) is 110 cm³/mol. The minimum Gasteiger partial charge on any atom is -0.455 e. The number of nitrogens with zero attached hydrogens (tertiary/aromatic N) is 4. The number of morpholine rings is 1. The molecule has 1 amide bonds. The van der Waals surface area contributed by atoms with Gasteiger partial charge in [0.15, 0.2) is 0 Å². The first kappa shape index (κ1) is 19.8. The lowest BCUT2D eigenvalue weighted by atomic mass is 10.1. The zero-order chi connectivity index (χ0) is 19.9. The molecule has 4 rings (SSSR count). The molecule has 0 saturated carbocycles. The van der Waals surface area contributed by atoms with E-state index in [1.165, 1.54) is 0 Å². The summed E-state index contributed by atoms with van der Waals surface area (Å²) in [4.78, 5) is 23.3. The van der Waals surface area contributed by atoms with E-state index in [4.69, 9.17) is 9.47 Å². The van der Waals surface area contributed by atoms with E-state index in [0.717, 1.165) is 76.1 Å². The Morgan fingerprint density at radius 3 is 2.52 bits per heavy atom. The molecule has 2 aliphatic heterocycles. The van der Waals surface area contributed by atoms with Crippen LogP contribution in [0.5, 0.6) is 11.5 Å². The van der Waals surface area contributed by atoms with Crippen LogP contribution < -0.4 is 4.74 Å². The highest BCUT2D eigenvalue weighted by Gasteiger charge is 2.24. The van der Waals surface area contributed by atoms with Gasteiger partial charge in [0.2, 0.25) is 5.91 Å². The standard InChI is InChI=1S/C22H28N4O3/c27-22(18-25-12-14-28-15-13-25)26-10-8-24(9-11-26)17-19-4-1-2-6-21(19)29-20-5-3-7-23-16-20/h1-7,16H,8-15,17-18H2. The molecule has 0 atom stereocenters. The zero-order valence-electron chi connectivity index (χ0n) is 16.7. The van der Waals surface area contributed by atoms with E-state index < -0.39 is 0 Å². The van der Waals surface area contributed by atoms with Crippen molar-refractivity contribution in [2.45, 2.75) is 6.54 Å². The number of aromatic nitrogens is 1. The van der Waals surface area contributed by atoms with Crippen LogP contribution in [0, 0.1) is 0 Å². The summed E-state index contributed by atoms with van der Waals surface area (Å²) in [5.74, 6) is 1.82. The molecular weight excluding hydrogens is 368 g/mol. The molecular formula is C22H28N4O3. The number of hydrogen-bond acceptors (Lipinski definition) is 6. The van der Waals surface area contributed by atoms with E-state index in [-0.39, 0.29) is 5.91 Å². The summed E-state index contributed by atoms with van der Waals surface area (Å²) in [6.45, 7) is 7.74. The monoisotopic (exact) mass is 396 g/mol. The quantitative estimate of drug-likeness (QED) is 0.743. The first-order chi connectivity index (χ1) is 14.3. The molecule has 0 spiro atoms. The molecule has 1 aromatic carbocycles. The molecule has 3 heterocycles. The van der Waals surface area contributed by atoms with Gasteiger partial charge in [0.05, 0.1) is 26.0 Å². The average molecular weight is 396 g/mol. The fourth-order valence-corrected chi connectivity index (χ4v) is 3.72. The third-order valence-corrected chi connectivity index (χ3v) is 5.42. The van der Waals surface area contributed by atoms with Crippen molar-refractivity contribution in [1.29, 1.82) is 0 Å². The van der Waals surface area contributed by atoms with Crippen LogP contribution in [0.1, 0.15) is 5.56 Å². The summed E-state index contributed by atoms with van der Waals surface area (Å²) >= 11 is 0. The number of carbonyl (C=O) groups is 1. The predicted octanol–water partition coefficient (Wildman–Crippen LogP) is 1.85. The van der Waals surface area contributed by atoms with Gasteiger partial charge in [0.1, 0.15) is 11.5 Å². The average Bonchev–Trinajstić information content (AvgIpc) is 2.77. The zero-order valence-corrected chi connectivity index (χ0v) is 16.7. The van der Waals surface area contributed by atoms with Crippen LogP contribution in [-0.4, -0.2) is 84.6 Å². The molecule has 2 aromatic rings. The molecule has 0 N–H and O–H groups in total. The molecule has 2 fully saturated rings. The molecule has 1 aromatic heterocycles. The fraction of sp³-hybridized carbons (Fsp3) is 0.455. The van der Waals surface area contributed by atoms with Gasteiger partial charge in [-0.15, -0.1) is 0 Å². The van der Waals surface area contributed by atoms with Crippen molar-refractivity contribution in [2.75, 3.05) is 59.0 Å². The largest absolute Gasteiger partial charge is 0.455 e. The van der Waals surface area contributed by atoms with Gasteiger partial charge in [-0.25, -0.2) is 0 Å². The summed E-state index contributed by atoms with van der Waals surface area (Å²) < 4.78 is 11.4. The van der Waals surface area contributed by atoms with E-state index in [1.54, 1.807) is 12.4 Å². The Bertz CT molecular complexity index is 788. The van der Waals surface area contributed by atoms with Gasteiger partial charge in [-0.05, 0) is 18.2 Å². The van der Waals surface area contributed by atoms with Gasteiger partial charge in [-0.1, -0.05) is 18.2 Å². The van der Waals surface area contributed by atoms with E-state index in [0.29, 0.717) is 6.54 Å². The number of para-hydroxylation sites is 1. The van der Waals surface area contributed by atoms with Crippen molar-refractivity contribution in [3.8, 4) is 11.5 Å². The Labute approximate surface area is 171 Å². The van der Waals surface area contributed by atoms with Crippen LogP contribution in [0.15, 0.2) is 48.8 Å². The molecule has 154 valence electrons. The first-order valence-corrected chi connectivity index (χ1v) is 10.2. The van der Waals surface area contributed by atoms with Crippen LogP contribution >= 0.6 is 0 Å². The van der Waals surface area contributed by atoms with Crippen molar-refractivity contribution >= 4 is 5.91 Å². The highest BCUT2D eigenvalue weighted by Crippen LogP contribution is 2.26. The molecule has 0 bridgehead atoms. The summed E-state index contributed by atoms with van der Waals surface area (Å²) in [6, 6.07) is 11.9. The van der Waals surface area contributed by atoms with Gasteiger partial charge >= 0.3 is 0 Å². The van der Waals surface area contributed by atoms with Gasteiger partial charge < -0.3 is 14.4 Å². The van der Waals surface area contributed by atoms with Crippen molar-refractivity contribution in [2.24, 2.45) is 0 Å². The summed E-state index contributed by atoms with van der Waals surface area (Å²) in [5.41, 5.74) is 1.14. The number of rotatable bonds is 6. The lowest BCUT2D eigenvalue weighted by Gasteiger charge is -2.36. The minimum atomic E-state index is 0.229. The number of amides is 1. The second kappa shape index (κ2) is 9.82. The lowest BCUT2D eigenvalue weighted by molar-refractivity contribution is -0.135. The first-order valence-electron chi connectivity index (χ1n) is 10.2. The van der Waals surface area contributed by atoms with Gasteiger partial charge in [-0.2, -0.15) is 0 Å². The van der Waals surface area contributed by atoms with Crippen LogP contribution in [0.3, 0.4) is 0 Å². The van der Waals surface area contributed by atoms with E-state index in [9.17, 15) is 4.79 Å². The Kier molecular flexibility index (Phi) is 6.71. The molecule has 7 heteroatoms. The van der Waals surface area contributed by atoms with Crippen LogP contribution in [-0.2, 0) is 16.1 Å². The second-order valence-corrected chi connectivity index (χ2v) is 7.44. The van der Waals surface area contributed by atoms with Gasteiger partial charge in [0, 0.05) is 57.6 Å². The third-order valence-electron chi connectivity index (χ3n) is 5.42. The number of benzene rings is 1. The SMILES string of the molecule is O=C(CN1CCOCC1)N1CCN(Cc2ccccc2Oc2cccnc2)CC1. The molecule has 7 nitrogen and oxygen atoms in total. The number of carbonyl (C=O) groups excluding carboxylic acids is 1. The van der Waals surface area contributed by atoms with Crippen molar-refractivity contribution in [3.05, 3.63) is 54.4 Å². The van der Waals surface area contributed by atoms with Gasteiger partial charge in [0.25, 0.3) is 0 Å². The number of piperazine rings is 1. The van der Waals surface area contributed by atoms with Gasteiger partial charge in [-0.3, -0.25) is 19.6 Å². The normalized spacial score (nSPS) is 18.6. The topological polar surface area (TPSA) is 58.1 Å². The Morgan fingerprint density at radius 1 is 0.966 bits per heavy atom. The molecule has 2 saturated heterocycles. The molecule has 0 radical (unpaired) electrons. The maximum atomic E-state index is 12.6. The second-order valence-electron chi connectivity index (χ2n) is 7.44. The molecule has 29 heavy (non-hydrogen) atoms. The Hall–Kier alpha value is -2.48. The summed E-state index contributed by atoms with van der Waals surface area (Å²) in [6.07, 6.45) is 3.45. The highest BCUT2D eigenvalue weighted by molar-refractivity contribution is 5.78. The summed E-state index contributed by atoms with van der Waals surface area (Å²) in [7, 11) is 0. The van der Waals surface area contributed by atoms with Crippen LogP contribution in [0.25, 0.3) is 0 Å². The van der Waals surface area contributed by atoms with E-state index >= 15 is 0 Å². The molecule has 0 unspecified atom stereocenters. The number of pyridine rings is 1. The Morgan fingerprint density at radius 2 is 1.76 bits per heavy atom. The summed E-state index contributed by atoms with van der Waals surface area (Å²) in [5, 5.41) is 0. The number of hydrogen-bond donors (Lipinski definition) is 0. The highest BCUT2D eigenvalue weighted by atomic mass is 16.5. The van der Waals surface area contributed by atoms with Crippen LogP contribution in [0.4, 0.5) is 0 Å².